The summed E-state index contributed by atoms with van der Waals surface area (Å²) in [7, 11) is 0. The first-order chi connectivity index (χ1) is 4.33. The Balaban J connectivity index is 2.62. The summed E-state index contributed by atoms with van der Waals surface area (Å²) in [5.41, 5.74) is 0.813. The maximum atomic E-state index is 10.1. The van der Waals surface area contributed by atoms with Crippen molar-refractivity contribution < 1.29 is 4.79 Å². The molecule has 1 heteroatoms. The topological polar surface area (TPSA) is 17.1 Å². The molecular formula is C8H10O. The van der Waals surface area contributed by atoms with Gasteiger partial charge in [0.1, 0.15) is 6.29 Å². The number of carbonyl (C=O) groups is 1. The Morgan fingerprint density at radius 3 is 3.00 bits per heavy atom. The van der Waals surface area contributed by atoms with Gasteiger partial charge in [-0.25, -0.2) is 0 Å². The molecule has 0 radical (unpaired) electrons. The molecule has 1 rings (SSSR count). The van der Waals surface area contributed by atoms with Gasteiger partial charge in [0, 0.05) is 5.57 Å². The zero-order chi connectivity index (χ0) is 6.69. The summed E-state index contributed by atoms with van der Waals surface area (Å²) in [5.74, 6) is 0.605. The number of allylic oxidation sites excluding steroid dienone is 4. The van der Waals surface area contributed by atoms with E-state index in [0.717, 1.165) is 18.3 Å². The van der Waals surface area contributed by atoms with Crippen LogP contribution in [0.15, 0.2) is 23.8 Å². The van der Waals surface area contributed by atoms with Crippen LogP contribution in [0.4, 0.5) is 0 Å². The van der Waals surface area contributed by atoms with E-state index in [1.807, 2.05) is 12.2 Å². The van der Waals surface area contributed by atoms with Crippen LogP contribution >= 0.6 is 0 Å². The second-order valence-corrected chi connectivity index (χ2v) is 2.39. The summed E-state index contributed by atoms with van der Waals surface area (Å²) in [6.45, 7) is 2.13. The summed E-state index contributed by atoms with van der Waals surface area (Å²) in [5, 5.41) is 0. The molecule has 1 aliphatic carbocycles. The van der Waals surface area contributed by atoms with Gasteiger partial charge in [0.2, 0.25) is 0 Å². The Hall–Kier alpha value is -0.850. The number of hydrogen-bond acceptors (Lipinski definition) is 1. The maximum Gasteiger partial charge on any atom is 0.149 e. The largest absolute Gasteiger partial charge is 0.298 e. The quantitative estimate of drug-likeness (QED) is 0.484. The molecule has 1 atom stereocenters. The monoisotopic (exact) mass is 122 g/mol. The third kappa shape index (κ3) is 1.53. The van der Waals surface area contributed by atoms with E-state index in [1.54, 1.807) is 0 Å². The van der Waals surface area contributed by atoms with Crippen molar-refractivity contribution in [2.24, 2.45) is 5.92 Å². The van der Waals surface area contributed by atoms with Crippen LogP contribution < -0.4 is 0 Å². The molecule has 0 aromatic rings. The predicted molar refractivity (Wildman–Crippen MR) is 37.1 cm³/mol. The van der Waals surface area contributed by atoms with Crippen molar-refractivity contribution in [2.45, 2.75) is 13.3 Å². The molecule has 0 saturated heterocycles. The Kier molecular flexibility index (Phi) is 1.83. The second-order valence-electron chi connectivity index (χ2n) is 2.39. The molecule has 48 valence electrons. The maximum absolute atomic E-state index is 10.1. The van der Waals surface area contributed by atoms with Crippen molar-refractivity contribution in [1.29, 1.82) is 0 Å². The lowest BCUT2D eigenvalue weighted by molar-refractivity contribution is -0.104. The average Bonchev–Trinajstić information content (AvgIpc) is 1.90. The highest BCUT2D eigenvalue weighted by molar-refractivity contribution is 5.77. The van der Waals surface area contributed by atoms with Gasteiger partial charge in [-0.1, -0.05) is 25.2 Å². The molecular weight excluding hydrogens is 112 g/mol. The molecule has 0 fully saturated rings. The molecule has 0 N–H and O–H groups in total. The van der Waals surface area contributed by atoms with Crippen molar-refractivity contribution in [2.75, 3.05) is 0 Å². The SMILES string of the molecule is C[C@H]1C=CC(C=O)=CC1. The number of rotatable bonds is 1. The minimum atomic E-state index is 0.605. The Morgan fingerprint density at radius 2 is 2.56 bits per heavy atom. The highest BCUT2D eigenvalue weighted by Crippen LogP contribution is 2.13. The van der Waals surface area contributed by atoms with Gasteiger partial charge in [0.15, 0.2) is 0 Å². The van der Waals surface area contributed by atoms with Crippen LogP contribution in [0.1, 0.15) is 13.3 Å². The highest BCUT2D eigenvalue weighted by Gasteiger charge is 2.00. The molecule has 0 bridgehead atoms. The molecule has 0 aliphatic heterocycles. The van der Waals surface area contributed by atoms with Crippen LogP contribution in [0.5, 0.6) is 0 Å². The van der Waals surface area contributed by atoms with Crippen molar-refractivity contribution in [3.63, 3.8) is 0 Å². The van der Waals surface area contributed by atoms with Crippen LogP contribution in [0.25, 0.3) is 0 Å². The lowest BCUT2D eigenvalue weighted by Crippen LogP contribution is -1.94. The van der Waals surface area contributed by atoms with Crippen LogP contribution in [0.2, 0.25) is 0 Å². The molecule has 0 heterocycles. The van der Waals surface area contributed by atoms with Crippen LogP contribution in [-0.2, 0) is 4.79 Å². The van der Waals surface area contributed by atoms with Gasteiger partial charge in [-0.3, -0.25) is 4.79 Å². The first kappa shape index (κ1) is 6.27. The van der Waals surface area contributed by atoms with E-state index in [0.29, 0.717) is 5.92 Å². The fourth-order valence-electron chi connectivity index (χ4n) is 0.831. The lowest BCUT2D eigenvalue weighted by Gasteiger charge is -2.06. The normalized spacial score (nSPS) is 25.4. The van der Waals surface area contributed by atoms with Crippen LogP contribution in [-0.4, -0.2) is 6.29 Å². The lowest BCUT2D eigenvalue weighted by atomic mass is 9.99. The molecule has 0 unspecified atom stereocenters. The average molecular weight is 122 g/mol. The van der Waals surface area contributed by atoms with Gasteiger partial charge in [0.05, 0.1) is 0 Å². The van der Waals surface area contributed by atoms with Gasteiger partial charge in [-0.05, 0) is 12.3 Å². The molecule has 1 aliphatic rings. The third-order valence-corrected chi connectivity index (χ3v) is 1.48. The zero-order valence-electron chi connectivity index (χ0n) is 5.50. The van der Waals surface area contributed by atoms with Gasteiger partial charge >= 0.3 is 0 Å². The van der Waals surface area contributed by atoms with E-state index in [9.17, 15) is 4.79 Å². The van der Waals surface area contributed by atoms with Crippen molar-refractivity contribution >= 4 is 6.29 Å². The van der Waals surface area contributed by atoms with Crippen LogP contribution in [0.3, 0.4) is 0 Å². The molecule has 0 aromatic carbocycles. The van der Waals surface area contributed by atoms with Gasteiger partial charge in [-0.15, -0.1) is 0 Å². The molecule has 1 nitrogen and oxygen atoms in total. The third-order valence-electron chi connectivity index (χ3n) is 1.48. The van der Waals surface area contributed by atoms with Crippen LogP contribution in [0, 0.1) is 5.92 Å². The number of aldehydes is 1. The van der Waals surface area contributed by atoms with Gasteiger partial charge in [-0.2, -0.15) is 0 Å². The number of hydrogen-bond donors (Lipinski definition) is 0. The van der Waals surface area contributed by atoms with E-state index >= 15 is 0 Å². The summed E-state index contributed by atoms with van der Waals surface area (Å²) < 4.78 is 0. The molecule has 0 saturated carbocycles. The van der Waals surface area contributed by atoms with Crippen molar-refractivity contribution in [1.82, 2.24) is 0 Å². The number of carbonyl (C=O) groups excluding carboxylic acids is 1. The van der Waals surface area contributed by atoms with Crippen molar-refractivity contribution in [3.05, 3.63) is 23.8 Å². The van der Waals surface area contributed by atoms with E-state index in [2.05, 4.69) is 13.0 Å². The van der Waals surface area contributed by atoms with E-state index in [-0.39, 0.29) is 0 Å². The predicted octanol–water partition coefficient (Wildman–Crippen LogP) is 1.71. The molecule has 0 amide bonds. The highest BCUT2D eigenvalue weighted by atomic mass is 16.1. The Morgan fingerprint density at radius 1 is 1.78 bits per heavy atom. The van der Waals surface area contributed by atoms with E-state index < -0.39 is 0 Å². The first-order valence-electron chi connectivity index (χ1n) is 3.16. The minimum absolute atomic E-state index is 0.605. The smallest absolute Gasteiger partial charge is 0.149 e. The molecule has 0 spiro atoms. The molecule has 9 heavy (non-hydrogen) atoms. The Bertz CT molecular complexity index is 165. The second kappa shape index (κ2) is 2.62. The van der Waals surface area contributed by atoms with Gasteiger partial charge < -0.3 is 0 Å². The van der Waals surface area contributed by atoms with E-state index in [4.69, 9.17) is 0 Å². The summed E-state index contributed by atoms with van der Waals surface area (Å²) >= 11 is 0. The zero-order valence-corrected chi connectivity index (χ0v) is 5.50. The molecule has 0 aromatic heterocycles. The Labute approximate surface area is 55.1 Å². The first-order valence-corrected chi connectivity index (χ1v) is 3.16. The minimum Gasteiger partial charge on any atom is -0.298 e. The van der Waals surface area contributed by atoms with E-state index in [1.165, 1.54) is 0 Å². The van der Waals surface area contributed by atoms with Gasteiger partial charge in [0.25, 0.3) is 0 Å². The fraction of sp³-hybridized carbons (Fsp3) is 0.375. The summed E-state index contributed by atoms with van der Waals surface area (Å²) in [6.07, 6.45) is 7.80. The standard InChI is InChI=1S/C8H10O/c1-7-2-4-8(6-9)5-3-7/h2,4-7H,3H2,1H3/t7-/m0/s1. The fourth-order valence-corrected chi connectivity index (χ4v) is 0.831. The summed E-state index contributed by atoms with van der Waals surface area (Å²) in [6, 6.07) is 0. The summed E-state index contributed by atoms with van der Waals surface area (Å²) in [4.78, 5) is 10.1. The van der Waals surface area contributed by atoms with Crippen molar-refractivity contribution in [3.8, 4) is 0 Å².